The molecule has 3 N–H and O–H groups in total. The van der Waals surface area contributed by atoms with E-state index in [0.717, 1.165) is 17.8 Å². The molecule has 0 aliphatic heterocycles. The number of hydrogen-bond donors (Lipinski definition) is 3. The Kier molecular flexibility index (Phi) is 8.44. The van der Waals surface area contributed by atoms with Crippen molar-refractivity contribution >= 4 is 44.6 Å². The molecule has 4 rings (SSSR count). The van der Waals surface area contributed by atoms with E-state index in [1.807, 2.05) is 0 Å². The van der Waals surface area contributed by atoms with Crippen LogP contribution in [-0.4, -0.2) is 45.7 Å². The summed E-state index contributed by atoms with van der Waals surface area (Å²) in [6.45, 7) is 2.19. The van der Waals surface area contributed by atoms with Crippen molar-refractivity contribution in [1.29, 1.82) is 0 Å². The zero-order chi connectivity index (χ0) is 21.3. The number of aromatic carboxylic acids is 1. The van der Waals surface area contributed by atoms with Crippen LogP contribution in [0.4, 0.5) is 10.0 Å². The lowest BCUT2D eigenvalue weighted by molar-refractivity contribution is 0.0521. The lowest BCUT2D eigenvalue weighted by Crippen LogP contribution is -2.16. The van der Waals surface area contributed by atoms with Crippen molar-refractivity contribution < 1.29 is 19.4 Å². The molecule has 2 fully saturated rings. The Morgan fingerprint density at radius 3 is 1.90 bits per heavy atom. The monoisotopic (exact) mass is 452 g/mol. The second-order valence-electron chi connectivity index (χ2n) is 7.34. The first-order valence-corrected chi connectivity index (χ1v) is 12.1. The molecular weight excluding hydrogens is 424 g/mol. The third-order valence-electron chi connectivity index (χ3n) is 5.19. The summed E-state index contributed by atoms with van der Waals surface area (Å²) in [5.74, 6) is -1.28. The highest BCUT2D eigenvalue weighted by Crippen LogP contribution is 2.28. The third-order valence-corrected chi connectivity index (χ3v) is 6.70. The fourth-order valence-corrected chi connectivity index (χ4v) is 5.20. The second-order valence-corrected chi connectivity index (χ2v) is 9.05. The first-order valence-electron chi connectivity index (χ1n) is 10.4. The smallest absolute Gasteiger partial charge is 0.360 e. The van der Waals surface area contributed by atoms with Crippen LogP contribution in [0.15, 0.2) is 11.0 Å². The molecule has 0 unspecified atom stereocenters. The largest absolute Gasteiger partial charge is 0.476 e. The summed E-state index contributed by atoms with van der Waals surface area (Å²) >= 11 is 2.83. The quantitative estimate of drug-likeness (QED) is 0.510. The maximum atomic E-state index is 11.6. The summed E-state index contributed by atoms with van der Waals surface area (Å²) < 4.78 is 4.96. The Hall–Kier alpha value is -2.20. The first-order chi connectivity index (χ1) is 14.6. The molecule has 2 saturated carbocycles. The fourth-order valence-electron chi connectivity index (χ4n) is 3.71. The Labute approximate surface area is 184 Å². The third kappa shape index (κ3) is 6.15. The molecule has 0 bridgehead atoms. The molecule has 2 aromatic heterocycles. The summed E-state index contributed by atoms with van der Waals surface area (Å²) in [6, 6.07) is 0.933. The summed E-state index contributed by atoms with van der Waals surface area (Å²) in [5.41, 5.74) is 3.84. The van der Waals surface area contributed by atoms with E-state index >= 15 is 0 Å². The zero-order valence-corrected chi connectivity index (χ0v) is 18.7. The van der Waals surface area contributed by atoms with Crippen LogP contribution >= 0.6 is 22.7 Å². The molecule has 0 radical (unpaired) electrons. The molecule has 2 aliphatic carbocycles. The highest BCUT2D eigenvalue weighted by molar-refractivity contribution is 7.14. The van der Waals surface area contributed by atoms with E-state index in [-0.39, 0.29) is 11.7 Å². The highest BCUT2D eigenvalue weighted by atomic mass is 32.1. The second kappa shape index (κ2) is 11.3. The van der Waals surface area contributed by atoms with Gasteiger partial charge < -0.3 is 20.5 Å². The van der Waals surface area contributed by atoms with Crippen molar-refractivity contribution in [3.8, 4) is 0 Å². The van der Waals surface area contributed by atoms with Gasteiger partial charge in [-0.05, 0) is 32.6 Å². The normalized spacial score (nSPS) is 16.7. The van der Waals surface area contributed by atoms with Gasteiger partial charge in [0.15, 0.2) is 11.4 Å². The van der Waals surface area contributed by atoms with Crippen LogP contribution < -0.4 is 10.6 Å². The van der Waals surface area contributed by atoms with Gasteiger partial charge in [0, 0.05) is 12.1 Å². The number of nitrogens with zero attached hydrogens (tertiary/aromatic N) is 2. The number of aromatic nitrogens is 2. The van der Waals surface area contributed by atoms with Crippen molar-refractivity contribution in [2.75, 3.05) is 17.2 Å². The summed E-state index contributed by atoms with van der Waals surface area (Å²) in [7, 11) is 0. The van der Waals surface area contributed by atoms with Crippen LogP contribution in [0.5, 0.6) is 0 Å². The highest BCUT2D eigenvalue weighted by Gasteiger charge is 2.21. The summed E-state index contributed by atoms with van der Waals surface area (Å²) in [5, 5.41) is 17.0. The van der Waals surface area contributed by atoms with Gasteiger partial charge in [0.05, 0.1) is 17.6 Å². The number of esters is 1. The van der Waals surface area contributed by atoms with Gasteiger partial charge >= 0.3 is 11.9 Å². The van der Waals surface area contributed by atoms with E-state index in [0.29, 0.717) is 29.4 Å². The van der Waals surface area contributed by atoms with Crippen LogP contribution in [0.2, 0.25) is 0 Å². The number of carboxylic acid groups (broad SMARTS) is 1. The molecule has 0 aromatic carbocycles. The average molecular weight is 453 g/mol. The molecule has 30 heavy (non-hydrogen) atoms. The number of carbonyl (C=O) groups excluding carboxylic acids is 1. The van der Waals surface area contributed by atoms with Gasteiger partial charge in [-0.1, -0.05) is 25.7 Å². The lowest BCUT2D eigenvalue weighted by Gasteiger charge is -2.12. The van der Waals surface area contributed by atoms with Crippen LogP contribution in [0.3, 0.4) is 0 Å². The Morgan fingerprint density at radius 1 is 0.967 bits per heavy atom. The number of rotatable bonds is 7. The molecule has 8 nitrogen and oxygen atoms in total. The van der Waals surface area contributed by atoms with Crippen LogP contribution in [-0.2, 0) is 4.74 Å². The number of nitrogens with one attached hydrogen (secondary N) is 2. The van der Waals surface area contributed by atoms with Gasteiger partial charge in [-0.15, -0.1) is 22.7 Å². The van der Waals surface area contributed by atoms with Crippen molar-refractivity contribution in [3.05, 3.63) is 22.4 Å². The van der Waals surface area contributed by atoms with Gasteiger partial charge in [0.2, 0.25) is 0 Å². The van der Waals surface area contributed by atoms with Crippen LogP contribution in [0, 0.1) is 0 Å². The standard InChI is InChI=1S/C11H16N2O2S.C9H12N2O2S/c1-2-15-11(14)9-10(16-7-12-9)13-8-5-3-4-6-8;12-9(13)7-8(14-5-10-7)11-6-3-1-2-4-6/h7-8,13H,2-6H2,1H3;5-6,11H,1-4H2,(H,12,13). The predicted molar refractivity (Wildman–Crippen MR) is 119 cm³/mol. The molecule has 2 aromatic rings. The number of carbonyl (C=O) groups is 2. The van der Waals surface area contributed by atoms with E-state index < -0.39 is 5.97 Å². The maximum absolute atomic E-state index is 11.6. The summed E-state index contributed by atoms with van der Waals surface area (Å²) in [4.78, 5) is 30.2. The topological polar surface area (TPSA) is 113 Å². The summed E-state index contributed by atoms with van der Waals surface area (Å²) in [6.07, 6.45) is 9.64. The zero-order valence-electron chi connectivity index (χ0n) is 17.1. The van der Waals surface area contributed by atoms with Crippen molar-refractivity contribution in [2.45, 2.75) is 70.4 Å². The maximum Gasteiger partial charge on any atom is 0.360 e. The molecule has 2 heterocycles. The number of carboxylic acids is 1. The van der Waals surface area contributed by atoms with Crippen molar-refractivity contribution in [2.24, 2.45) is 0 Å². The lowest BCUT2D eigenvalue weighted by atomic mass is 10.2. The minimum Gasteiger partial charge on any atom is -0.476 e. The van der Waals surface area contributed by atoms with Crippen molar-refractivity contribution in [3.63, 3.8) is 0 Å². The van der Waals surface area contributed by atoms with E-state index in [1.165, 1.54) is 61.2 Å². The first kappa shape index (κ1) is 22.5. The van der Waals surface area contributed by atoms with Gasteiger partial charge in [0.25, 0.3) is 0 Å². The van der Waals surface area contributed by atoms with E-state index in [9.17, 15) is 9.59 Å². The fraction of sp³-hybridized carbons (Fsp3) is 0.600. The number of hydrogen-bond acceptors (Lipinski definition) is 9. The van der Waals surface area contributed by atoms with Crippen LogP contribution in [0.25, 0.3) is 0 Å². The molecule has 2 aliphatic rings. The SMILES string of the molecule is CCOC(=O)c1ncsc1NC1CCCC1.O=C(O)c1ncsc1NC1CCCC1. The van der Waals surface area contributed by atoms with Gasteiger partial charge in [0.1, 0.15) is 10.0 Å². The Morgan fingerprint density at radius 2 is 1.43 bits per heavy atom. The van der Waals surface area contributed by atoms with E-state index in [4.69, 9.17) is 9.84 Å². The minimum absolute atomic E-state index is 0.155. The number of thiazole rings is 2. The Balaban J connectivity index is 0.000000172. The van der Waals surface area contributed by atoms with Gasteiger partial charge in [-0.25, -0.2) is 19.6 Å². The molecular formula is C20H28N4O4S2. The van der Waals surface area contributed by atoms with Gasteiger partial charge in [-0.3, -0.25) is 0 Å². The van der Waals surface area contributed by atoms with E-state index in [2.05, 4.69) is 20.6 Å². The van der Waals surface area contributed by atoms with Crippen molar-refractivity contribution in [1.82, 2.24) is 9.97 Å². The number of anilines is 2. The molecule has 0 spiro atoms. The molecule has 164 valence electrons. The Bertz CT molecular complexity index is 826. The molecule has 0 saturated heterocycles. The molecule has 0 atom stereocenters. The molecule has 0 amide bonds. The predicted octanol–water partition coefficient (Wildman–Crippen LogP) is 4.87. The van der Waals surface area contributed by atoms with E-state index in [1.54, 1.807) is 17.9 Å². The van der Waals surface area contributed by atoms with Gasteiger partial charge in [-0.2, -0.15) is 0 Å². The average Bonchev–Trinajstić information content (AvgIpc) is 3.52. The molecule has 10 heteroatoms. The minimum atomic E-state index is -0.952. The van der Waals surface area contributed by atoms with Crippen LogP contribution in [0.1, 0.15) is 79.3 Å². The number of ether oxygens (including phenoxy) is 1.